The number of alkyl carbamates (subject to hydrolysis) is 1. The first-order valence-electron chi connectivity index (χ1n) is 7.06. The van der Waals surface area contributed by atoms with Gasteiger partial charge in [-0.05, 0) is 63.3 Å². The molecule has 1 aliphatic rings. The van der Waals surface area contributed by atoms with E-state index in [0.29, 0.717) is 0 Å². The predicted octanol–water partition coefficient (Wildman–Crippen LogP) is 4.53. The van der Waals surface area contributed by atoms with Gasteiger partial charge in [-0.2, -0.15) is 0 Å². The van der Waals surface area contributed by atoms with Gasteiger partial charge in [0.05, 0.1) is 5.54 Å². The zero-order chi connectivity index (χ0) is 15.0. The number of amides is 1. The molecule has 0 saturated heterocycles. The second-order valence-electron chi connectivity index (χ2n) is 6.26. The van der Waals surface area contributed by atoms with E-state index in [1.54, 1.807) is 0 Å². The fraction of sp³-hybridized carbons (Fsp3) is 0.562. The van der Waals surface area contributed by atoms with Crippen LogP contribution in [0.4, 0.5) is 4.79 Å². The summed E-state index contributed by atoms with van der Waals surface area (Å²) in [6.45, 7) is 7.92. The second-order valence-corrected chi connectivity index (χ2v) is 7.18. The third-order valence-corrected chi connectivity index (χ3v) is 4.65. The van der Waals surface area contributed by atoms with E-state index in [1.807, 2.05) is 26.8 Å². The van der Waals surface area contributed by atoms with E-state index < -0.39 is 5.60 Å². The molecule has 1 amide bonds. The van der Waals surface area contributed by atoms with Crippen LogP contribution in [-0.2, 0) is 16.7 Å². The summed E-state index contributed by atoms with van der Waals surface area (Å²) >= 11 is 3.49. The van der Waals surface area contributed by atoms with E-state index in [1.165, 1.54) is 11.1 Å². The van der Waals surface area contributed by atoms with Crippen LogP contribution in [0.15, 0.2) is 22.7 Å². The minimum Gasteiger partial charge on any atom is -0.444 e. The highest BCUT2D eigenvalue weighted by molar-refractivity contribution is 9.10. The van der Waals surface area contributed by atoms with Gasteiger partial charge in [0.25, 0.3) is 0 Å². The lowest BCUT2D eigenvalue weighted by molar-refractivity contribution is 0.0306. The van der Waals surface area contributed by atoms with Crippen LogP contribution in [0.3, 0.4) is 0 Å². The molecule has 0 saturated carbocycles. The number of carbonyl (C=O) groups is 1. The van der Waals surface area contributed by atoms with Crippen LogP contribution < -0.4 is 5.32 Å². The Morgan fingerprint density at radius 1 is 1.50 bits per heavy atom. The molecule has 0 heterocycles. The average Bonchev–Trinajstić information content (AvgIpc) is 2.65. The van der Waals surface area contributed by atoms with Gasteiger partial charge in [0.2, 0.25) is 0 Å². The summed E-state index contributed by atoms with van der Waals surface area (Å²) in [6.07, 6.45) is 2.33. The highest BCUT2D eigenvalue weighted by Crippen LogP contribution is 2.38. The van der Waals surface area contributed by atoms with E-state index in [-0.39, 0.29) is 11.6 Å². The minimum atomic E-state index is -0.429. The van der Waals surface area contributed by atoms with Crippen molar-refractivity contribution >= 4 is 22.0 Å². The summed E-state index contributed by atoms with van der Waals surface area (Å²) in [5, 5.41) is 3.04. The van der Waals surface area contributed by atoms with E-state index in [9.17, 15) is 4.79 Å². The molecule has 0 aliphatic heterocycles. The molecule has 0 spiro atoms. The first-order valence-corrected chi connectivity index (χ1v) is 7.85. The first kappa shape index (κ1) is 15.4. The Morgan fingerprint density at radius 3 is 2.85 bits per heavy atom. The molecule has 0 bridgehead atoms. The van der Waals surface area contributed by atoms with E-state index >= 15 is 0 Å². The van der Waals surface area contributed by atoms with Gasteiger partial charge < -0.3 is 10.1 Å². The second kappa shape index (κ2) is 5.40. The summed E-state index contributed by atoms with van der Waals surface area (Å²) < 4.78 is 6.57. The van der Waals surface area contributed by atoms with Crippen molar-refractivity contribution in [3.63, 3.8) is 0 Å². The number of nitrogens with one attached hydrogen (secondary N) is 1. The van der Waals surface area contributed by atoms with Crippen LogP contribution in [0, 0.1) is 0 Å². The molecular weight excluding hydrogens is 318 g/mol. The van der Waals surface area contributed by atoms with Crippen molar-refractivity contribution in [1.82, 2.24) is 5.32 Å². The Kier molecular flexibility index (Phi) is 4.14. The van der Waals surface area contributed by atoms with Crippen molar-refractivity contribution in [2.75, 3.05) is 0 Å². The number of fused-ring (bicyclic) bond motifs is 1. The van der Waals surface area contributed by atoms with Gasteiger partial charge in [-0.25, -0.2) is 4.79 Å². The third-order valence-electron chi connectivity index (χ3n) is 4.15. The van der Waals surface area contributed by atoms with Crippen LogP contribution in [0.2, 0.25) is 0 Å². The van der Waals surface area contributed by atoms with Gasteiger partial charge >= 0.3 is 6.09 Å². The maximum absolute atomic E-state index is 12.1. The molecule has 1 N–H and O–H groups in total. The van der Waals surface area contributed by atoms with Crippen LogP contribution in [0.1, 0.15) is 51.7 Å². The molecule has 1 aliphatic carbocycles. The fourth-order valence-electron chi connectivity index (χ4n) is 2.53. The van der Waals surface area contributed by atoms with Crippen molar-refractivity contribution in [3.05, 3.63) is 33.8 Å². The molecule has 20 heavy (non-hydrogen) atoms. The summed E-state index contributed by atoms with van der Waals surface area (Å²) in [4.78, 5) is 12.1. The minimum absolute atomic E-state index is 0.336. The largest absolute Gasteiger partial charge is 0.444 e. The normalized spacial score (nSPS) is 21.4. The molecule has 2 rings (SSSR count). The molecule has 1 aromatic carbocycles. The van der Waals surface area contributed by atoms with Gasteiger partial charge in [-0.1, -0.05) is 28.9 Å². The van der Waals surface area contributed by atoms with Gasteiger partial charge in [0, 0.05) is 4.47 Å². The number of halogens is 1. The summed E-state index contributed by atoms with van der Waals surface area (Å²) in [6, 6.07) is 6.23. The van der Waals surface area contributed by atoms with Gasteiger partial charge in [0.1, 0.15) is 5.60 Å². The predicted molar refractivity (Wildman–Crippen MR) is 83.8 cm³/mol. The molecule has 1 atom stereocenters. The molecule has 1 aromatic rings. The van der Waals surface area contributed by atoms with Crippen LogP contribution >= 0.6 is 15.9 Å². The van der Waals surface area contributed by atoms with Crippen LogP contribution in [-0.4, -0.2) is 11.7 Å². The lowest BCUT2D eigenvalue weighted by Crippen LogP contribution is -2.44. The van der Waals surface area contributed by atoms with Crippen LogP contribution in [0.25, 0.3) is 0 Å². The van der Waals surface area contributed by atoms with Crippen molar-refractivity contribution < 1.29 is 9.53 Å². The lowest BCUT2D eigenvalue weighted by Gasteiger charge is -2.30. The van der Waals surface area contributed by atoms with E-state index in [2.05, 4.69) is 40.3 Å². The highest BCUT2D eigenvalue weighted by Gasteiger charge is 2.37. The standard InChI is InChI=1S/C16H22BrNO2/c1-5-15(2,3)20-14(19)18-16(4)9-8-11-10-12(17)6-7-13(11)16/h6-7,10H,5,8-9H2,1-4H3,(H,18,19). The molecular formula is C16H22BrNO2. The maximum Gasteiger partial charge on any atom is 0.408 e. The quantitative estimate of drug-likeness (QED) is 0.878. The van der Waals surface area contributed by atoms with E-state index in [0.717, 1.165) is 23.7 Å². The Labute approximate surface area is 129 Å². The molecule has 110 valence electrons. The first-order chi connectivity index (χ1) is 9.26. The SMILES string of the molecule is CCC(C)(C)OC(=O)NC1(C)CCc2cc(Br)ccc21. The number of ether oxygens (including phenoxy) is 1. The molecule has 0 radical (unpaired) electrons. The van der Waals surface area contributed by atoms with Crippen molar-refractivity contribution in [1.29, 1.82) is 0 Å². The Hall–Kier alpha value is -1.03. The summed E-state index contributed by atoms with van der Waals surface area (Å²) in [5.41, 5.74) is 1.71. The smallest absolute Gasteiger partial charge is 0.408 e. The number of rotatable bonds is 3. The number of carbonyl (C=O) groups excluding carboxylic acids is 1. The van der Waals surface area contributed by atoms with Gasteiger partial charge in [-0.3, -0.25) is 0 Å². The summed E-state index contributed by atoms with van der Waals surface area (Å²) in [5.74, 6) is 0. The lowest BCUT2D eigenvalue weighted by atomic mass is 9.94. The summed E-state index contributed by atoms with van der Waals surface area (Å²) in [7, 11) is 0. The average molecular weight is 340 g/mol. The highest BCUT2D eigenvalue weighted by atomic mass is 79.9. The van der Waals surface area contributed by atoms with E-state index in [4.69, 9.17) is 4.74 Å². The Morgan fingerprint density at radius 2 is 2.20 bits per heavy atom. The van der Waals surface area contributed by atoms with Crippen LogP contribution in [0.5, 0.6) is 0 Å². The van der Waals surface area contributed by atoms with Gasteiger partial charge in [-0.15, -0.1) is 0 Å². The zero-order valence-electron chi connectivity index (χ0n) is 12.5. The van der Waals surface area contributed by atoms with Crippen molar-refractivity contribution in [2.24, 2.45) is 0 Å². The monoisotopic (exact) mass is 339 g/mol. The molecule has 3 nitrogen and oxygen atoms in total. The number of aryl methyl sites for hydroxylation is 1. The number of benzene rings is 1. The molecule has 0 fully saturated rings. The Bertz CT molecular complexity index is 527. The fourth-order valence-corrected chi connectivity index (χ4v) is 2.94. The third kappa shape index (κ3) is 3.17. The molecule has 4 heteroatoms. The molecule has 1 unspecified atom stereocenters. The van der Waals surface area contributed by atoms with Crippen molar-refractivity contribution in [3.8, 4) is 0 Å². The zero-order valence-corrected chi connectivity index (χ0v) is 14.1. The number of hydrogen-bond donors (Lipinski definition) is 1. The topological polar surface area (TPSA) is 38.3 Å². The molecule has 0 aromatic heterocycles. The Balaban J connectivity index is 2.13. The van der Waals surface area contributed by atoms with Gasteiger partial charge in [0.15, 0.2) is 0 Å². The number of hydrogen-bond acceptors (Lipinski definition) is 2. The van der Waals surface area contributed by atoms with Crippen molar-refractivity contribution in [2.45, 2.75) is 58.1 Å². The maximum atomic E-state index is 12.1.